The molecule has 2 heterocycles. The minimum absolute atomic E-state index is 0.494. The van der Waals surface area contributed by atoms with Crippen molar-refractivity contribution in [1.29, 1.82) is 0 Å². The van der Waals surface area contributed by atoms with Crippen molar-refractivity contribution in [2.24, 2.45) is 0 Å². The average Bonchev–Trinajstić information content (AvgIpc) is 2.42. The summed E-state index contributed by atoms with van der Waals surface area (Å²) in [6, 6.07) is 8.49. The molecular weight excluding hydrogens is 236 g/mol. The van der Waals surface area contributed by atoms with Crippen molar-refractivity contribution < 1.29 is 0 Å². The van der Waals surface area contributed by atoms with Crippen LogP contribution in [-0.2, 0) is 0 Å². The van der Waals surface area contributed by atoms with Gasteiger partial charge < -0.3 is 16.0 Å². The van der Waals surface area contributed by atoms with Crippen LogP contribution >= 0.6 is 0 Å². The zero-order valence-corrected chi connectivity index (χ0v) is 11.3. The Kier molecular flexibility index (Phi) is 3.25. The van der Waals surface area contributed by atoms with Gasteiger partial charge in [0.1, 0.15) is 5.82 Å². The fourth-order valence-electron chi connectivity index (χ4n) is 2.71. The Labute approximate surface area is 113 Å². The summed E-state index contributed by atoms with van der Waals surface area (Å²) < 4.78 is 0. The molecule has 1 fully saturated rings. The van der Waals surface area contributed by atoms with Crippen molar-refractivity contribution in [2.45, 2.75) is 18.9 Å². The summed E-state index contributed by atoms with van der Waals surface area (Å²) in [7, 11) is 2.17. The van der Waals surface area contributed by atoms with Gasteiger partial charge in [0, 0.05) is 23.3 Å². The second kappa shape index (κ2) is 5.05. The van der Waals surface area contributed by atoms with Crippen LogP contribution < -0.4 is 11.1 Å². The molecule has 1 aromatic heterocycles. The maximum atomic E-state index is 6.10. The molecule has 1 aliphatic rings. The number of fused-ring (bicyclic) bond motifs is 1. The fourth-order valence-corrected chi connectivity index (χ4v) is 2.71. The van der Waals surface area contributed by atoms with E-state index in [1.54, 1.807) is 0 Å². The summed E-state index contributed by atoms with van der Waals surface area (Å²) in [4.78, 5) is 6.84. The maximum Gasteiger partial charge on any atom is 0.136 e. The first-order valence-corrected chi connectivity index (χ1v) is 6.82. The third kappa shape index (κ3) is 2.49. The number of hydrogen-bond acceptors (Lipinski definition) is 4. The highest BCUT2D eigenvalue weighted by Gasteiger charge is 2.17. The Morgan fingerprint density at radius 3 is 2.84 bits per heavy atom. The van der Waals surface area contributed by atoms with Gasteiger partial charge in [-0.1, -0.05) is 12.1 Å². The van der Waals surface area contributed by atoms with Crippen LogP contribution in [0.2, 0.25) is 0 Å². The molecule has 3 rings (SSSR count). The van der Waals surface area contributed by atoms with Crippen molar-refractivity contribution in [3.63, 3.8) is 0 Å². The van der Waals surface area contributed by atoms with E-state index in [1.165, 1.54) is 0 Å². The number of pyridine rings is 1. The van der Waals surface area contributed by atoms with Crippen molar-refractivity contribution in [2.75, 3.05) is 31.2 Å². The number of nitrogen functional groups attached to an aromatic ring is 1. The number of aromatic nitrogens is 1. The summed E-state index contributed by atoms with van der Waals surface area (Å²) in [6.07, 6.45) is 4.15. The van der Waals surface area contributed by atoms with Gasteiger partial charge >= 0.3 is 0 Å². The van der Waals surface area contributed by atoms with Crippen LogP contribution in [0.15, 0.2) is 30.5 Å². The van der Waals surface area contributed by atoms with Crippen LogP contribution in [0.1, 0.15) is 12.8 Å². The minimum atomic E-state index is 0.494. The highest BCUT2D eigenvalue weighted by atomic mass is 15.1. The van der Waals surface area contributed by atoms with Crippen LogP contribution in [0.3, 0.4) is 0 Å². The van der Waals surface area contributed by atoms with Crippen molar-refractivity contribution in [3.8, 4) is 0 Å². The summed E-state index contributed by atoms with van der Waals surface area (Å²) in [5.74, 6) is 0.921. The van der Waals surface area contributed by atoms with E-state index >= 15 is 0 Å². The lowest BCUT2D eigenvalue weighted by Gasteiger charge is -2.30. The molecule has 0 saturated carbocycles. The predicted molar refractivity (Wildman–Crippen MR) is 80.3 cm³/mol. The molecule has 0 radical (unpaired) electrons. The van der Waals surface area contributed by atoms with Crippen LogP contribution in [0, 0.1) is 0 Å². The molecule has 0 unspecified atom stereocenters. The first-order chi connectivity index (χ1) is 9.24. The SMILES string of the molecule is CN1CCC(Nc2nccc3cccc(N)c23)CC1. The van der Waals surface area contributed by atoms with Crippen LogP contribution in [0.5, 0.6) is 0 Å². The van der Waals surface area contributed by atoms with Gasteiger partial charge in [0.25, 0.3) is 0 Å². The van der Waals surface area contributed by atoms with Gasteiger partial charge in [-0.05, 0) is 50.5 Å². The quantitative estimate of drug-likeness (QED) is 0.810. The number of nitrogens with two attached hydrogens (primary N) is 1. The number of nitrogens with one attached hydrogen (secondary N) is 1. The topological polar surface area (TPSA) is 54.2 Å². The predicted octanol–water partition coefficient (Wildman–Crippen LogP) is 2.32. The summed E-state index contributed by atoms with van der Waals surface area (Å²) in [6.45, 7) is 2.27. The Hall–Kier alpha value is -1.81. The fraction of sp³-hybridized carbons (Fsp3) is 0.400. The lowest BCUT2D eigenvalue weighted by molar-refractivity contribution is 0.264. The van der Waals surface area contributed by atoms with E-state index < -0.39 is 0 Å². The third-order valence-corrected chi connectivity index (χ3v) is 3.88. The van der Waals surface area contributed by atoms with Gasteiger partial charge in [0.2, 0.25) is 0 Å². The molecule has 0 aliphatic carbocycles. The Bertz CT molecular complexity index is 568. The van der Waals surface area contributed by atoms with Gasteiger partial charge in [-0.25, -0.2) is 4.98 Å². The van der Waals surface area contributed by atoms with E-state index in [1.807, 2.05) is 24.4 Å². The average molecular weight is 256 g/mol. The van der Waals surface area contributed by atoms with Gasteiger partial charge in [-0.15, -0.1) is 0 Å². The van der Waals surface area contributed by atoms with E-state index in [2.05, 4.69) is 28.3 Å². The molecule has 0 atom stereocenters. The van der Waals surface area contributed by atoms with Crippen molar-refractivity contribution in [1.82, 2.24) is 9.88 Å². The lowest BCUT2D eigenvalue weighted by Crippen LogP contribution is -2.36. The van der Waals surface area contributed by atoms with Gasteiger partial charge in [-0.3, -0.25) is 0 Å². The molecule has 2 aromatic rings. The largest absolute Gasteiger partial charge is 0.398 e. The molecule has 19 heavy (non-hydrogen) atoms. The molecular formula is C15H20N4. The number of hydrogen-bond donors (Lipinski definition) is 2. The number of rotatable bonds is 2. The highest BCUT2D eigenvalue weighted by molar-refractivity contribution is 6.00. The smallest absolute Gasteiger partial charge is 0.136 e. The van der Waals surface area contributed by atoms with E-state index in [9.17, 15) is 0 Å². The van der Waals surface area contributed by atoms with E-state index in [-0.39, 0.29) is 0 Å². The first kappa shape index (κ1) is 12.2. The molecule has 4 nitrogen and oxygen atoms in total. The third-order valence-electron chi connectivity index (χ3n) is 3.88. The van der Waals surface area contributed by atoms with E-state index in [0.29, 0.717) is 6.04 Å². The lowest BCUT2D eigenvalue weighted by atomic mass is 10.0. The van der Waals surface area contributed by atoms with Gasteiger partial charge in [-0.2, -0.15) is 0 Å². The van der Waals surface area contributed by atoms with E-state index in [4.69, 9.17) is 5.73 Å². The molecule has 4 heteroatoms. The molecule has 0 spiro atoms. The van der Waals surface area contributed by atoms with Crippen LogP contribution in [0.4, 0.5) is 11.5 Å². The normalized spacial score (nSPS) is 17.7. The zero-order valence-electron chi connectivity index (χ0n) is 11.3. The summed E-state index contributed by atoms with van der Waals surface area (Å²) in [5.41, 5.74) is 6.89. The second-order valence-corrected chi connectivity index (χ2v) is 5.33. The molecule has 3 N–H and O–H groups in total. The van der Waals surface area contributed by atoms with Gasteiger partial charge in [0.05, 0.1) is 0 Å². The molecule has 1 aromatic carbocycles. The number of nitrogens with zero attached hydrogens (tertiary/aromatic N) is 2. The number of anilines is 2. The Balaban J connectivity index is 1.88. The van der Waals surface area contributed by atoms with Crippen LogP contribution in [0.25, 0.3) is 10.8 Å². The minimum Gasteiger partial charge on any atom is -0.398 e. The number of piperidine rings is 1. The molecule has 0 bridgehead atoms. The standard InChI is InChI=1S/C15H20N4/c1-19-9-6-12(7-10-19)18-15-14-11(5-8-17-15)3-2-4-13(14)16/h2-5,8,12H,6-7,9-10,16H2,1H3,(H,17,18). The monoisotopic (exact) mass is 256 g/mol. The summed E-state index contributed by atoms with van der Waals surface area (Å²) >= 11 is 0. The molecule has 0 amide bonds. The van der Waals surface area contributed by atoms with Crippen LogP contribution in [-0.4, -0.2) is 36.1 Å². The number of likely N-dealkylation sites (tertiary alicyclic amines) is 1. The number of benzene rings is 1. The Morgan fingerprint density at radius 1 is 1.26 bits per heavy atom. The molecule has 1 saturated heterocycles. The summed E-state index contributed by atoms with van der Waals surface area (Å²) in [5, 5.41) is 5.76. The Morgan fingerprint density at radius 2 is 2.05 bits per heavy atom. The highest BCUT2D eigenvalue weighted by Crippen LogP contribution is 2.28. The van der Waals surface area contributed by atoms with Crippen molar-refractivity contribution >= 4 is 22.3 Å². The van der Waals surface area contributed by atoms with Gasteiger partial charge in [0.15, 0.2) is 0 Å². The van der Waals surface area contributed by atoms with E-state index in [0.717, 1.165) is 48.2 Å². The first-order valence-electron chi connectivity index (χ1n) is 6.82. The van der Waals surface area contributed by atoms with Crippen molar-refractivity contribution in [3.05, 3.63) is 30.5 Å². The maximum absolute atomic E-state index is 6.10. The zero-order chi connectivity index (χ0) is 13.2. The second-order valence-electron chi connectivity index (χ2n) is 5.33. The molecule has 1 aliphatic heterocycles. The molecule has 100 valence electrons.